The van der Waals surface area contributed by atoms with Gasteiger partial charge in [-0.3, -0.25) is 0 Å². The van der Waals surface area contributed by atoms with Crippen molar-refractivity contribution in [3.05, 3.63) is 41.7 Å². The summed E-state index contributed by atoms with van der Waals surface area (Å²) >= 11 is 0. The van der Waals surface area contributed by atoms with Crippen LogP contribution in [-0.4, -0.2) is 57.3 Å². The molecule has 0 bridgehead atoms. The number of hydrogen-bond donors (Lipinski definition) is 1. The zero-order chi connectivity index (χ0) is 20.6. The van der Waals surface area contributed by atoms with Gasteiger partial charge in [0.15, 0.2) is 0 Å². The van der Waals surface area contributed by atoms with Gasteiger partial charge < -0.3 is 14.4 Å². The molecule has 2 fully saturated rings. The Bertz CT molecular complexity index is 1020. The number of aromatic nitrogens is 2. The second-order valence-electron chi connectivity index (χ2n) is 8.09. The van der Waals surface area contributed by atoms with Crippen LogP contribution in [0.4, 0.5) is 5.95 Å². The highest BCUT2D eigenvalue weighted by molar-refractivity contribution is 7.89. The molecule has 4 heterocycles. The number of fused-ring (bicyclic) bond motifs is 1. The molecular weight excluding hydrogens is 404 g/mol. The monoisotopic (exact) mass is 430 g/mol. The molecule has 0 amide bonds. The van der Waals surface area contributed by atoms with Crippen LogP contribution < -0.4 is 14.4 Å². The van der Waals surface area contributed by atoms with Crippen LogP contribution in [0.15, 0.2) is 35.4 Å². The summed E-state index contributed by atoms with van der Waals surface area (Å²) in [7, 11) is -3.58. The number of benzene rings is 1. The van der Waals surface area contributed by atoms with Gasteiger partial charge in [-0.05, 0) is 49.1 Å². The van der Waals surface area contributed by atoms with Gasteiger partial charge in [0.1, 0.15) is 5.75 Å². The highest BCUT2D eigenvalue weighted by Gasteiger charge is 2.30. The Morgan fingerprint density at radius 3 is 2.83 bits per heavy atom. The third-order valence-electron chi connectivity index (χ3n) is 6.07. The number of nitrogens with one attached hydrogen (secondary N) is 1. The Labute approximate surface area is 176 Å². The van der Waals surface area contributed by atoms with E-state index in [0.29, 0.717) is 29.9 Å². The lowest BCUT2D eigenvalue weighted by Gasteiger charge is -2.23. The minimum Gasteiger partial charge on any atom is -0.493 e. The number of nitrogens with zero attached hydrogens (tertiary/aromatic N) is 3. The quantitative estimate of drug-likeness (QED) is 0.774. The van der Waals surface area contributed by atoms with Crippen LogP contribution in [0.1, 0.15) is 36.4 Å². The van der Waals surface area contributed by atoms with E-state index < -0.39 is 10.0 Å². The number of rotatable bonds is 5. The molecule has 2 aromatic rings. The van der Waals surface area contributed by atoms with E-state index in [2.05, 4.69) is 14.6 Å². The average molecular weight is 431 g/mol. The Morgan fingerprint density at radius 1 is 1.10 bits per heavy atom. The van der Waals surface area contributed by atoms with Crippen LogP contribution in [0, 0.1) is 0 Å². The molecule has 30 heavy (non-hydrogen) atoms. The van der Waals surface area contributed by atoms with Gasteiger partial charge in [0.25, 0.3) is 0 Å². The maximum Gasteiger partial charge on any atom is 0.240 e. The first kappa shape index (κ1) is 19.7. The molecule has 5 rings (SSSR count). The van der Waals surface area contributed by atoms with Crippen molar-refractivity contribution >= 4 is 16.0 Å². The average Bonchev–Trinajstić information content (AvgIpc) is 3.43. The van der Waals surface area contributed by atoms with E-state index in [1.54, 1.807) is 24.4 Å². The van der Waals surface area contributed by atoms with Gasteiger partial charge in [-0.15, -0.1) is 0 Å². The molecule has 3 aliphatic rings. The van der Waals surface area contributed by atoms with Crippen molar-refractivity contribution in [2.75, 3.05) is 37.8 Å². The molecule has 8 nitrogen and oxygen atoms in total. The van der Waals surface area contributed by atoms with E-state index >= 15 is 0 Å². The molecular formula is C21H26N4O4S. The van der Waals surface area contributed by atoms with Crippen LogP contribution in [-0.2, 0) is 21.2 Å². The molecule has 0 aliphatic carbocycles. The van der Waals surface area contributed by atoms with E-state index in [9.17, 15) is 8.42 Å². The number of hydrogen-bond acceptors (Lipinski definition) is 7. The highest BCUT2D eigenvalue weighted by atomic mass is 32.2. The van der Waals surface area contributed by atoms with E-state index in [0.717, 1.165) is 62.4 Å². The van der Waals surface area contributed by atoms with Crippen molar-refractivity contribution in [1.29, 1.82) is 0 Å². The lowest BCUT2D eigenvalue weighted by Crippen LogP contribution is -2.37. The second kappa shape index (κ2) is 8.13. The van der Waals surface area contributed by atoms with Crippen LogP contribution in [0.5, 0.6) is 5.75 Å². The van der Waals surface area contributed by atoms with Gasteiger partial charge in [-0.2, -0.15) is 0 Å². The van der Waals surface area contributed by atoms with Crippen molar-refractivity contribution in [3.8, 4) is 5.75 Å². The summed E-state index contributed by atoms with van der Waals surface area (Å²) in [6, 6.07) is 6.88. The molecule has 1 aromatic carbocycles. The highest BCUT2D eigenvalue weighted by Crippen LogP contribution is 2.29. The van der Waals surface area contributed by atoms with E-state index in [1.807, 2.05) is 6.07 Å². The zero-order valence-electron chi connectivity index (χ0n) is 16.8. The first-order valence-corrected chi connectivity index (χ1v) is 12.0. The smallest absolute Gasteiger partial charge is 0.240 e. The molecule has 1 unspecified atom stereocenters. The van der Waals surface area contributed by atoms with Gasteiger partial charge in [0.05, 0.1) is 11.5 Å². The lowest BCUT2D eigenvalue weighted by atomic mass is 9.96. The maximum atomic E-state index is 12.9. The summed E-state index contributed by atoms with van der Waals surface area (Å²) in [6.45, 7) is 3.43. The Morgan fingerprint density at radius 2 is 1.97 bits per heavy atom. The lowest BCUT2D eigenvalue weighted by molar-refractivity contribution is 0.0845. The Hall–Kier alpha value is -2.23. The van der Waals surface area contributed by atoms with Crippen molar-refractivity contribution in [1.82, 2.24) is 14.7 Å². The molecule has 3 aliphatic heterocycles. The SMILES string of the molecule is O=S(=O)(NC1CCN(c2nccc(C3CCOCC3)n2)C1)c1ccc2c(c1)CCO2. The number of ether oxygens (including phenoxy) is 2. The predicted octanol–water partition coefficient (Wildman–Crippen LogP) is 1.86. The summed E-state index contributed by atoms with van der Waals surface area (Å²) in [5.41, 5.74) is 2.00. The molecule has 1 aromatic heterocycles. The minimum absolute atomic E-state index is 0.171. The maximum absolute atomic E-state index is 12.9. The fourth-order valence-electron chi connectivity index (χ4n) is 4.39. The molecule has 0 radical (unpaired) electrons. The van der Waals surface area contributed by atoms with Gasteiger partial charge >= 0.3 is 0 Å². The minimum atomic E-state index is -3.58. The zero-order valence-corrected chi connectivity index (χ0v) is 17.6. The van der Waals surface area contributed by atoms with Crippen molar-refractivity contribution < 1.29 is 17.9 Å². The molecule has 160 valence electrons. The van der Waals surface area contributed by atoms with Crippen molar-refractivity contribution in [2.45, 2.75) is 42.5 Å². The van der Waals surface area contributed by atoms with Gasteiger partial charge in [0, 0.05) is 56.6 Å². The van der Waals surface area contributed by atoms with Crippen LogP contribution in [0.2, 0.25) is 0 Å². The Balaban J connectivity index is 1.26. The summed E-state index contributed by atoms with van der Waals surface area (Å²) in [5, 5.41) is 0. The van der Waals surface area contributed by atoms with Crippen LogP contribution >= 0.6 is 0 Å². The third-order valence-corrected chi connectivity index (χ3v) is 7.59. The van der Waals surface area contributed by atoms with Gasteiger partial charge in [0.2, 0.25) is 16.0 Å². The molecule has 1 atom stereocenters. The van der Waals surface area contributed by atoms with Crippen molar-refractivity contribution in [3.63, 3.8) is 0 Å². The van der Waals surface area contributed by atoms with E-state index in [-0.39, 0.29) is 6.04 Å². The van der Waals surface area contributed by atoms with E-state index in [1.165, 1.54) is 0 Å². The number of anilines is 1. The molecule has 2 saturated heterocycles. The van der Waals surface area contributed by atoms with Crippen LogP contribution in [0.25, 0.3) is 0 Å². The van der Waals surface area contributed by atoms with Gasteiger partial charge in [-0.25, -0.2) is 23.1 Å². The first-order valence-electron chi connectivity index (χ1n) is 10.5. The molecule has 1 N–H and O–H groups in total. The fraction of sp³-hybridized carbons (Fsp3) is 0.524. The third kappa shape index (κ3) is 4.01. The summed E-state index contributed by atoms with van der Waals surface area (Å²) < 4.78 is 39.5. The summed E-state index contributed by atoms with van der Waals surface area (Å²) in [6.07, 6.45) is 5.22. The summed E-state index contributed by atoms with van der Waals surface area (Å²) in [5.74, 6) is 1.86. The Kier molecular flexibility index (Phi) is 5.34. The topological polar surface area (TPSA) is 93.7 Å². The van der Waals surface area contributed by atoms with Gasteiger partial charge in [-0.1, -0.05) is 0 Å². The largest absolute Gasteiger partial charge is 0.493 e. The standard InChI is InChI=1S/C21H26N4O4S/c26-30(27,18-1-2-20-16(13-18)7-12-29-20)24-17-4-9-25(14-17)21-22-8-3-19(23-21)15-5-10-28-11-6-15/h1-3,8,13,15,17,24H,4-7,9-12,14H2. The predicted molar refractivity (Wildman–Crippen MR) is 111 cm³/mol. The normalized spacial score (nSPS) is 22.1. The number of sulfonamides is 1. The molecule has 0 spiro atoms. The first-order chi connectivity index (χ1) is 14.6. The van der Waals surface area contributed by atoms with Crippen molar-refractivity contribution in [2.24, 2.45) is 0 Å². The second-order valence-corrected chi connectivity index (χ2v) is 9.80. The van der Waals surface area contributed by atoms with E-state index in [4.69, 9.17) is 14.5 Å². The summed E-state index contributed by atoms with van der Waals surface area (Å²) in [4.78, 5) is 11.6. The molecule has 9 heteroatoms. The molecule has 0 saturated carbocycles. The van der Waals surface area contributed by atoms with Crippen LogP contribution in [0.3, 0.4) is 0 Å². The fourth-order valence-corrected chi connectivity index (χ4v) is 5.70.